The summed E-state index contributed by atoms with van der Waals surface area (Å²) in [5.41, 5.74) is 4.84. The number of carbonyl (C=O) groups excluding carboxylic acids is 2. The van der Waals surface area contributed by atoms with Crippen molar-refractivity contribution >= 4 is 28.8 Å². The molecule has 1 aliphatic heterocycles. The van der Waals surface area contributed by atoms with Crippen LogP contribution < -0.4 is 5.73 Å². The van der Waals surface area contributed by atoms with Crippen molar-refractivity contribution in [2.75, 3.05) is 12.3 Å². The smallest absolute Gasteiger partial charge is 0.306 e. The summed E-state index contributed by atoms with van der Waals surface area (Å²) in [6, 6.07) is 1.74. The van der Waals surface area contributed by atoms with Gasteiger partial charge in [-0.1, -0.05) is 65.2 Å². The van der Waals surface area contributed by atoms with Gasteiger partial charge < -0.3 is 29.6 Å². The molecular weight excluding hydrogens is 488 g/mol. The van der Waals surface area contributed by atoms with Crippen LogP contribution in [0.4, 0.5) is 5.82 Å². The topological polar surface area (TPSA) is 139 Å². The van der Waals surface area contributed by atoms with E-state index in [-0.39, 0.29) is 19.0 Å². The van der Waals surface area contributed by atoms with E-state index in [0.717, 1.165) is 57.8 Å². The molecule has 0 spiro atoms. The van der Waals surface area contributed by atoms with Gasteiger partial charge in [-0.05, 0) is 25.8 Å². The highest BCUT2D eigenvalue weighted by atomic mass is 16.6. The number of aliphatic hydroxyl groups is 1. The van der Waals surface area contributed by atoms with Crippen molar-refractivity contribution in [1.29, 1.82) is 0 Å². The Hall–Kier alpha value is -2.72. The summed E-state index contributed by atoms with van der Waals surface area (Å²) in [5.74, 6) is -0.435. The monoisotopic (exact) mass is 532 g/mol. The number of nitrogens with two attached hydrogens (primary N) is 1. The molecule has 10 heteroatoms. The second-order valence-electron chi connectivity index (χ2n) is 10.4. The number of unbranched alkanes of at least 4 members (excludes halogenated alkanes) is 8. The predicted octanol–water partition coefficient (Wildman–Crippen LogP) is 4.84. The molecule has 10 nitrogen and oxygen atoms in total. The molecule has 3 heterocycles. The summed E-state index contributed by atoms with van der Waals surface area (Å²) in [7, 11) is 0. The van der Waals surface area contributed by atoms with Gasteiger partial charge in [0.25, 0.3) is 0 Å². The van der Waals surface area contributed by atoms with E-state index in [1.165, 1.54) is 6.33 Å². The first-order chi connectivity index (χ1) is 18.3. The zero-order valence-electron chi connectivity index (χ0n) is 23.1. The van der Waals surface area contributed by atoms with E-state index in [1.807, 2.05) is 0 Å². The molecule has 0 unspecified atom stereocenters. The predicted molar refractivity (Wildman–Crippen MR) is 144 cm³/mol. The molecule has 2 aromatic heterocycles. The maximum absolute atomic E-state index is 12.7. The van der Waals surface area contributed by atoms with Crippen molar-refractivity contribution in [2.24, 2.45) is 0 Å². The fourth-order valence-corrected chi connectivity index (χ4v) is 4.93. The number of nitrogen functional groups attached to an aromatic ring is 1. The highest BCUT2D eigenvalue weighted by molar-refractivity contribution is 5.86. The molecule has 0 radical (unpaired) electrons. The molecule has 3 rings (SSSR count). The molecule has 3 N–H and O–H groups in total. The van der Waals surface area contributed by atoms with Gasteiger partial charge in [0, 0.05) is 19.0 Å². The number of carbonyl (C=O) groups is 2. The standard InChI is InChI=1S/C28H44N4O6/c1-4-6-8-10-12-14-22(33)36-18-21-24(38-23(34)15-13-11-9-7-5-2)28(3,35)27(37-21)32-17-16-20-25(29)30-19-31-26(20)32/h16-17,19,21,24,27,35H,4-15,18H2,1-3H3,(H2,29,30,31)/t21-,24-,27-,28-/m1/s1. The van der Waals surface area contributed by atoms with Crippen molar-refractivity contribution in [3.63, 3.8) is 0 Å². The van der Waals surface area contributed by atoms with Crippen LogP contribution in [-0.2, 0) is 23.8 Å². The van der Waals surface area contributed by atoms with Crippen LogP contribution in [0.15, 0.2) is 18.6 Å². The Balaban J connectivity index is 1.70. The minimum Gasteiger partial charge on any atom is -0.463 e. The molecule has 0 saturated carbocycles. The lowest BCUT2D eigenvalue weighted by Gasteiger charge is -2.30. The van der Waals surface area contributed by atoms with Gasteiger partial charge in [-0.25, -0.2) is 9.97 Å². The second kappa shape index (κ2) is 14.4. The Morgan fingerprint density at radius 2 is 1.66 bits per heavy atom. The lowest BCUT2D eigenvalue weighted by Crippen LogP contribution is -2.47. The number of fused-ring (bicyclic) bond motifs is 1. The van der Waals surface area contributed by atoms with Crippen LogP contribution in [0.1, 0.15) is 104 Å². The minimum atomic E-state index is -1.62. The molecule has 38 heavy (non-hydrogen) atoms. The van der Waals surface area contributed by atoms with Gasteiger partial charge in [-0.15, -0.1) is 0 Å². The van der Waals surface area contributed by atoms with Gasteiger partial charge >= 0.3 is 11.9 Å². The fourth-order valence-electron chi connectivity index (χ4n) is 4.93. The van der Waals surface area contributed by atoms with Crippen LogP contribution >= 0.6 is 0 Å². The van der Waals surface area contributed by atoms with Crippen molar-refractivity contribution in [2.45, 2.75) is 122 Å². The Bertz CT molecular complexity index is 1040. The van der Waals surface area contributed by atoms with E-state index in [4.69, 9.17) is 19.9 Å². The van der Waals surface area contributed by atoms with Crippen LogP contribution in [-0.4, -0.2) is 56.0 Å². The molecule has 1 fully saturated rings. The summed E-state index contributed by atoms with van der Waals surface area (Å²) >= 11 is 0. The highest BCUT2D eigenvalue weighted by Crippen LogP contribution is 2.42. The van der Waals surface area contributed by atoms with E-state index >= 15 is 0 Å². The maximum atomic E-state index is 12.7. The van der Waals surface area contributed by atoms with Crippen LogP contribution in [0.3, 0.4) is 0 Å². The van der Waals surface area contributed by atoms with Crippen molar-refractivity contribution in [3.05, 3.63) is 18.6 Å². The summed E-state index contributed by atoms with van der Waals surface area (Å²) in [6.07, 6.45) is 10.9. The van der Waals surface area contributed by atoms with Crippen LogP contribution in [0.2, 0.25) is 0 Å². The van der Waals surface area contributed by atoms with E-state index in [0.29, 0.717) is 29.7 Å². The van der Waals surface area contributed by atoms with Crippen molar-refractivity contribution in [1.82, 2.24) is 14.5 Å². The number of hydrogen-bond acceptors (Lipinski definition) is 9. The molecule has 0 bridgehead atoms. The third-order valence-corrected chi connectivity index (χ3v) is 7.15. The third kappa shape index (κ3) is 7.66. The maximum Gasteiger partial charge on any atom is 0.306 e. The van der Waals surface area contributed by atoms with Crippen molar-refractivity contribution < 1.29 is 28.9 Å². The fraction of sp³-hybridized carbons (Fsp3) is 0.714. The first-order valence-corrected chi connectivity index (χ1v) is 14.1. The number of hydrogen-bond donors (Lipinski definition) is 2. The van der Waals surface area contributed by atoms with Crippen LogP contribution in [0.25, 0.3) is 11.0 Å². The molecule has 2 aromatic rings. The molecule has 4 atom stereocenters. The number of anilines is 1. The van der Waals surface area contributed by atoms with Gasteiger partial charge in [-0.3, -0.25) is 9.59 Å². The summed E-state index contributed by atoms with van der Waals surface area (Å²) in [5, 5.41) is 12.2. The Labute approximate surface area is 225 Å². The SMILES string of the molecule is CCCCCCCC(=O)OC[C@H]1O[C@@H](n2ccc3c(N)ncnc32)[C@](C)(O)[C@@H]1OC(=O)CCCCCCC. The Morgan fingerprint density at radius 3 is 2.32 bits per heavy atom. The number of aromatic nitrogens is 3. The lowest BCUT2D eigenvalue weighted by atomic mass is 9.96. The Morgan fingerprint density at radius 1 is 1.03 bits per heavy atom. The van der Waals surface area contributed by atoms with Gasteiger partial charge in [0.15, 0.2) is 12.3 Å². The van der Waals surface area contributed by atoms with Gasteiger partial charge in [0.05, 0.1) is 5.39 Å². The molecule has 0 aromatic carbocycles. The first-order valence-electron chi connectivity index (χ1n) is 14.1. The third-order valence-electron chi connectivity index (χ3n) is 7.15. The average Bonchev–Trinajstić information content (AvgIpc) is 3.41. The normalized spacial score (nSPS) is 23.1. The molecule has 1 saturated heterocycles. The van der Waals surface area contributed by atoms with Crippen LogP contribution in [0.5, 0.6) is 0 Å². The zero-order valence-corrected chi connectivity index (χ0v) is 23.1. The Kier molecular flexibility index (Phi) is 11.3. The van der Waals surface area contributed by atoms with Gasteiger partial charge in [0.1, 0.15) is 36.1 Å². The van der Waals surface area contributed by atoms with Crippen molar-refractivity contribution in [3.8, 4) is 0 Å². The quantitative estimate of drug-likeness (QED) is 0.230. The second-order valence-corrected chi connectivity index (χ2v) is 10.4. The molecule has 212 valence electrons. The number of ether oxygens (including phenoxy) is 3. The molecule has 0 aliphatic carbocycles. The zero-order chi connectivity index (χ0) is 27.5. The summed E-state index contributed by atoms with van der Waals surface area (Å²) in [4.78, 5) is 33.4. The molecule has 1 aliphatic rings. The number of rotatable bonds is 16. The van der Waals surface area contributed by atoms with E-state index < -0.39 is 30.0 Å². The minimum absolute atomic E-state index is 0.134. The largest absolute Gasteiger partial charge is 0.463 e. The van der Waals surface area contributed by atoms with E-state index in [2.05, 4.69) is 23.8 Å². The van der Waals surface area contributed by atoms with E-state index in [1.54, 1.807) is 23.8 Å². The summed E-state index contributed by atoms with van der Waals surface area (Å²) in [6.45, 7) is 5.71. The first kappa shape index (κ1) is 29.8. The van der Waals surface area contributed by atoms with Gasteiger partial charge in [-0.2, -0.15) is 0 Å². The lowest BCUT2D eigenvalue weighted by molar-refractivity contribution is -0.165. The van der Waals surface area contributed by atoms with Gasteiger partial charge in [0.2, 0.25) is 0 Å². The highest BCUT2D eigenvalue weighted by Gasteiger charge is 2.56. The van der Waals surface area contributed by atoms with E-state index in [9.17, 15) is 14.7 Å². The number of nitrogens with zero attached hydrogens (tertiary/aromatic N) is 3. The molecular formula is C28H44N4O6. The van der Waals surface area contributed by atoms with Crippen LogP contribution in [0, 0.1) is 0 Å². The number of esters is 2. The average molecular weight is 533 g/mol. The summed E-state index contributed by atoms with van der Waals surface area (Å²) < 4.78 is 19.2. The molecule has 0 amide bonds.